The van der Waals surface area contributed by atoms with Crippen molar-refractivity contribution in [1.29, 1.82) is 0 Å². The second-order valence-corrected chi connectivity index (χ2v) is 3.67. The molecule has 1 unspecified atom stereocenters. The van der Waals surface area contributed by atoms with Crippen LogP contribution in [0, 0.1) is 5.41 Å². The number of rotatable bonds is 4. The van der Waals surface area contributed by atoms with Crippen molar-refractivity contribution in [3.63, 3.8) is 0 Å². The Morgan fingerprint density at radius 3 is 2.08 bits per heavy atom. The van der Waals surface area contributed by atoms with Crippen molar-refractivity contribution in [1.82, 2.24) is 10.6 Å². The van der Waals surface area contributed by atoms with E-state index in [2.05, 4.69) is 10.6 Å². The quantitative estimate of drug-likeness (QED) is 0.490. The molecule has 1 amide bonds. The highest BCUT2D eigenvalue weighted by Crippen LogP contribution is 2.16. The summed E-state index contributed by atoms with van der Waals surface area (Å²) in [5, 5.41) is 5.54. The number of ketones is 1. The second kappa shape index (κ2) is 4.37. The predicted octanol–water partition coefficient (Wildman–Crippen LogP) is 0.283. The lowest BCUT2D eigenvalue weighted by Gasteiger charge is -2.23. The van der Waals surface area contributed by atoms with Crippen LogP contribution in [0.1, 0.15) is 27.7 Å². The lowest BCUT2D eigenvalue weighted by atomic mass is 9.88. The van der Waals surface area contributed by atoms with Gasteiger partial charge in [0, 0.05) is 0 Å². The third-order valence-electron chi connectivity index (χ3n) is 2.23. The van der Waals surface area contributed by atoms with Gasteiger partial charge in [-0.3, -0.25) is 9.59 Å². The number of amides is 1. The number of hydrogen-bond donors (Lipinski definition) is 2. The summed E-state index contributed by atoms with van der Waals surface area (Å²) < 4.78 is 0. The van der Waals surface area contributed by atoms with Gasteiger partial charge in [0.15, 0.2) is 0 Å². The van der Waals surface area contributed by atoms with E-state index in [4.69, 9.17) is 0 Å². The van der Waals surface area contributed by atoms with E-state index in [1.807, 2.05) is 6.92 Å². The first-order valence-corrected chi connectivity index (χ1v) is 4.31. The lowest BCUT2D eigenvalue weighted by Crippen LogP contribution is -2.49. The van der Waals surface area contributed by atoms with Gasteiger partial charge in [0.2, 0.25) is 5.91 Å². The average molecular weight is 186 g/mol. The third-order valence-corrected chi connectivity index (χ3v) is 2.23. The van der Waals surface area contributed by atoms with Gasteiger partial charge in [-0.2, -0.15) is 0 Å². The van der Waals surface area contributed by atoms with Crippen LogP contribution in [0.15, 0.2) is 0 Å². The topological polar surface area (TPSA) is 58.2 Å². The maximum atomic E-state index is 11.5. The molecule has 0 aromatic carbocycles. The van der Waals surface area contributed by atoms with Crippen molar-refractivity contribution in [3.8, 4) is 0 Å². The zero-order valence-electron chi connectivity index (χ0n) is 8.89. The highest BCUT2D eigenvalue weighted by molar-refractivity contribution is 6.04. The first kappa shape index (κ1) is 12.1. The summed E-state index contributed by atoms with van der Waals surface area (Å²) in [6.45, 7) is 6.47. The molecule has 0 rings (SSSR count). The highest BCUT2D eigenvalue weighted by Gasteiger charge is 2.32. The molecule has 0 saturated carbocycles. The number of Topliss-reactive ketones (excluding diaryl/α,β-unsaturated/α-hetero) is 1. The Hall–Kier alpha value is -0.900. The molecule has 13 heavy (non-hydrogen) atoms. The van der Waals surface area contributed by atoms with Gasteiger partial charge in [-0.1, -0.05) is 0 Å². The minimum Gasteiger partial charge on any atom is -0.340 e. The SMILES string of the molecule is CNC(C)NC(=O)C(C)(C)C(C)=O. The van der Waals surface area contributed by atoms with Crippen LogP contribution < -0.4 is 10.6 Å². The first-order valence-electron chi connectivity index (χ1n) is 4.31. The van der Waals surface area contributed by atoms with Crippen molar-refractivity contribution in [2.24, 2.45) is 5.41 Å². The van der Waals surface area contributed by atoms with Gasteiger partial charge in [-0.25, -0.2) is 0 Å². The van der Waals surface area contributed by atoms with E-state index < -0.39 is 5.41 Å². The second-order valence-electron chi connectivity index (χ2n) is 3.67. The van der Waals surface area contributed by atoms with E-state index in [9.17, 15) is 9.59 Å². The summed E-state index contributed by atoms with van der Waals surface area (Å²) >= 11 is 0. The van der Waals surface area contributed by atoms with Crippen molar-refractivity contribution in [2.75, 3.05) is 7.05 Å². The van der Waals surface area contributed by atoms with Crippen LogP contribution in [-0.2, 0) is 9.59 Å². The van der Waals surface area contributed by atoms with E-state index in [1.54, 1.807) is 20.9 Å². The number of carbonyl (C=O) groups excluding carboxylic acids is 2. The van der Waals surface area contributed by atoms with Gasteiger partial charge in [-0.15, -0.1) is 0 Å². The van der Waals surface area contributed by atoms with Crippen molar-refractivity contribution in [3.05, 3.63) is 0 Å². The molecule has 0 radical (unpaired) electrons. The Morgan fingerprint density at radius 1 is 1.31 bits per heavy atom. The Balaban J connectivity index is 4.34. The Morgan fingerprint density at radius 2 is 1.77 bits per heavy atom. The molecule has 4 nitrogen and oxygen atoms in total. The van der Waals surface area contributed by atoms with E-state index in [1.165, 1.54) is 6.92 Å². The van der Waals surface area contributed by atoms with Crippen LogP contribution in [0.5, 0.6) is 0 Å². The Bertz CT molecular complexity index is 212. The molecular formula is C9H18N2O2. The minimum atomic E-state index is -0.939. The van der Waals surface area contributed by atoms with Crippen molar-refractivity contribution in [2.45, 2.75) is 33.9 Å². The Labute approximate surface area is 79.1 Å². The molecule has 2 N–H and O–H groups in total. The molecule has 0 heterocycles. The van der Waals surface area contributed by atoms with E-state index in [0.29, 0.717) is 0 Å². The lowest BCUT2D eigenvalue weighted by molar-refractivity contribution is -0.139. The zero-order valence-corrected chi connectivity index (χ0v) is 8.89. The van der Waals surface area contributed by atoms with Crippen LogP contribution in [0.2, 0.25) is 0 Å². The summed E-state index contributed by atoms with van der Waals surface area (Å²) in [6, 6.07) is 0. The minimum absolute atomic E-state index is 0.119. The monoisotopic (exact) mass is 186 g/mol. The number of nitrogens with one attached hydrogen (secondary N) is 2. The van der Waals surface area contributed by atoms with Crippen LogP contribution in [-0.4, -0.2) is 24.9 Å². The third kappa shape index (κ3) is 3.14. The van der Waals surface area contributed by atoms with Crippen molar-refractivity contribution < 1.29 is 9.59 Å². The fraction of sp³-hybridized carbons (Fsp3) is 0.778. The molecule has 0 aromatic rings. The normalized spacial score (nSPS) is 13.6. The Kier molecular flexibility index (Phi) is 4.07. The van der Waals surface area contributed by atoms with Crippen LogP contribution in [0.3, 0.4) is 0 Å². The van der Waals surface area contributed by atoms with E-state index in [0.717, 1.165) is 0 Å². The van der Waals surface area contributed by atoms with Gasteiger partial charge in [0.1, 0.15) is 11.2 Å². The molecule has 0 aromatic heterocycles. The number of carbonyl (C=O) groups is 2. The molecule has 0 saturated heterocycles. The maximum Gasteiger partial charge on any atom is 0.234 e. The fourth-order valence-electron chi connectivity index (χ4n) is 0.609. The summed E-state index contributed by atoms with van der Waals surface area (Å²) in [5.74, 6) is -0.379. The predicted molar refractivity (Wildman–Crippen MR) is 51.1 cm³/mol. The molecule has 0 aliphatic heterocycles. The standard InChI is InChI=1S/C9H18N2O2/c1-6(12)9(3,4)8(13)11-7(2)10-5/h7,10H,1-5H3,(H,11,13). The highest BCUT2D eigenvalue weighted by atomic mass is 16.2. The molecule has 0 aliphatic rings. The zero-order chi connectivity index (χ0) is 10.6. The molecule has 0 fully saturated rings. The molecule has 0 bridgehead atoms. The van der Waals surface area contributed by atoms with Gasteiger partial charge in [0.05, 0.1) is 6.17 Å². The molecule has 76 valence electrons. The smallest absolute Gasteiger partial charge is 0.234 e. The van der Waals surface area contributed by atoms with Crippen LogP contribution in [0.25, 0.3) is 0 Å². The van der Waals surface area contributed by atoms with Crippen molar-refractivity contribution >= 4 is 11.7 Å². The number of hydrogen-bond acceptors (Lipinski definition) is 3. The average Bonchev–Trinajstić information content (AvgIpc) is 2.03. The summed E-state index contributed by atoms with van der Waals surface area (Å²) in [4.78, 5) is 22.6. The van der Waals surface area contributed by atoms with E-state index in [-0.39, 0.29) is 17.9 Å². The molecule has 4 heteroatoms. The summed E-state index contributed by atoms with van der Waals surface area (Å²) in [7, 11) is 1.74. The summed E-state index contributed by atoms with van der Waals surface area (Å²) in [5.41, 5.74) is -0.939. The molecule has 0 aliphatic carbocycles. The molecule has 0 spiro atoms. The van der Waals surface area contributed by atoms with Gasteiger partial charge < -0.3 is 10.6 Å². The summed E-state index contributed by atoms with van der Waals surface area (Å²) in [6.07, 6.45) is -0.119. The van der Waals surface area contributed by atoms with Gasteiger partial charge in [-0.05, 0) is 34.7 Å². The van der Waals surface area contributed by atoms with E-state index >= 15 is 0 Å². The van der Waals surface area contributed by atoms with Crippen LogP contribution >= 0.6 is 0 Å². The largest absolute Gasteiger partial charge is 0.340 e. The molecule has 1 atom stereocenters. The maximum absolute atomic E-state index is 11.5. The van der Waals surface area contributed by atoms with Gasteiger partial charge >= 0.3 is 0 Å². The first-order chi connectivity index (χ1) is 5.82. The van der Waals surface area contributed by atoms with Crippen LogP contribution in [0.4, 0.5) is 0 Å². The van der Waals surface area contributed by atoms with Gasteiger partial charge in [0.25, 0.3) is 0 Å². The molecular weight excluding hydrogens is 168 g/mol. The fourth-order valence-corrected chi connectivity index (χ4v) is 0.609.